The number of aliphatic carboxylic acids is 1. The van der Waals surface area contributed by atoms with Crippen LogP contribution in [0.1, 0.15) is 28.5 Å². The van der Waals surface area contributed by atoms with Crippen molar-refractivity contribution in [3.63, 3.8) is 0 Å². The Morgan fingerprint density at radius 1 is 1.27 bits per heavy atom. The molecule has 0 bridgehead atoms. The van der Waals surface area contributed by atoms with E-state index in [1.54, 1.807) is 24.3 Å². The van der Waals surface area contributed by atoms with E-state index in [2.05, 4.69) is 10.3 Å². The molecule has 0 fully saturated rings. The molecule has 0 unspecified atom stereocenters. The van der Waals surface area contributed by atoms with Crippen LogP contribution in [0.5, 0.6) is 0 Å². The van der Waals surface area contributed by atoms with Crippen molar-refractivity contribution in [1.29, 1.82) is 0 Å². The van der Waals surface area contributed by atoms with Crippen LogP contribution in [0.25, 0.3) is 0 Å². The zero-order valence-electron chi connectivity index (χ0n) is 11.4. The van der Waals surface area contributed by atoms with Crippen LogP contribution in [-0.4, -0.2) is 22.0 Å². The summed E-state index contributed by atoms with van der Waals surface area (Å²) in [5.41, 5.74) is 0.226. The highest BCUT2D eigenvalue weighted by atomic mass is 35.5. The summed E-state index contributed by atoms with van der Waals surface area (Å²) in [7, 11) is 0. The Balaban J connectivity index is 2.27. The van der Waals surface area contributed by atoms with E-state index < -0.39 is 17.9 Å². The van der Waals surface area contributed by atoms with Crippen LogP contribution in [0.3, 0.4) is 0 Å². The number of pyridine rings is 1. The minimum Gasteiger partial charge on any atom is -0.481 e. The number of halogens is 1. The zero-order valence-corrected chi connectivity index (χ0v) is 12.1. The quantitative estimate of drug-likeness (QED) is 0.784. The molecular weight excluding hydrogens is 308 g/mol. The number of hydrogen-bond donors (Lipinski definition) is 3. The number of carboxylic acids is 1. The molecule has 0 spiro atoms. The van der Waals surface area contributed by atoms with E-state index in [0.717, 1.165) is 6.07 Å². The van der Waals surface area contributed by atoms with Gasteiger partial charge in [0.25, 0.3) is 5.91 Å². The highest BCUT2D eigenvalue weighted by molar-refractivity contribution is 6.31. The van der Waals surface area contributed by atoms with Gasteiger partial charge in [-0.05, 0) is 11.6 Å². The first kappa shape index (κ1) is 15.8. The summed E-state index contributed by atoms with van der Waals surface area (Å²) in [5, 5.41) is 11.9. The molecule has 6 nitrogen and oxygen atoms in total. The molecule has 7 heteroatoms. The normalized spacial score (nSPS) is 11.7. The first-order valence-electron chi connectivity index (χ1n) is 6.43. The number of benzene rings is 1. The Morgan fingerprint density at radius 2 is 2.00 bits per heavy atom. The van der Waals surface area contributed by atoms with Gasteiger partial charge < -0.3 is 15.4 Å². The third-order valence-electron chi connectivity index (χ3n) is 2.98. The van der Waals surface area contributed by atoms with Gasteiger partial charge >= 0.3 is 5.97 Å². The van der Waals surface area contributed by atoms with Crippen molar-refractivity contribution in [3.8, 4) is 0 Å². The van der Waals surface area contributed by atoms with Gasteiger partial charge in [-0.15, -0.1) is 0 Å². The third-order valence-corrected chi connectivity index (χ3v) is 3.33. The Hall–Kier alpha value is -2.60. The molecule has 0 saturated heterocycles. The number of carbonyl (C=O) groups excluding carboxylic acids is 1. The molecule has 3 N–H and O–H groups in total. The highest BCUT2D eigenvalue weighted by Gasteiger charge is 2.21. The van der Waals surface area contributed by atoms with E-state index in [9.17, 15) is 14.4 Å². The molecular formula is C15H13ClN2O4. The zero-order chi connectivity index (χ0) is 16.1. The number of carboxylic acid groups (broad SMARTS) is 1. The number of H-pyrrole nitrogens is 1. The van der Waals surface area contributed by atoms with Crippen molar-refractivity contribution < 1.29 is 14.7 Å². The second-order valence-corrected chi connectivity index (χ2v) is 4.99. The second kappa shape index (κ2) is 6.91. The number of rotatable bonds is 5. The summed E-state index contributed by atoms with van der Waals surface area (Å²) < 4.78 is 0. The van der Waals surface area contributed by atoms with Gasteiger partial charge in [0.05, 0.1) is 12.5 Å². The van der Waals surface area contributed by atoms with Crippen molar-refractivity contribution in [2.75, 3.05) is 0 Å². The van der Waals surface area contributed by atoms with Gasteiger partial charge in [-0.3, -0.25) is 14.4 Å². The van der Waals surface area contributed by atoms with Crippen molar-refractivity contribution in [3.05, 3.63) is 69.1 Å². The Bertz CT molecular complexity index is 757. The smallest absolute Gasteiger partial charge is 0.305 e. The van der Waals surface area contributed by atoms with E-state index in [4.69, 9.17) is 16.7 Å². The first-order chi connectivity index (χ1) is 10.5. The predicted molar refractivity (Wildman–Crippen MR) is 81.0 cm³/mol. The fourth-order valence-corrected chi connectivity index (χ4v) is 2.25. The van der Waals surface area contributed by atoms with E-state index in [1.165, 1.54) is 12.3 Å². The topological polar surface area (TPSA) is 99.3 Å². The van der Waals surface area contributed by atoms with Crippen LogP contribution >= 0.6 is 11.6 Å². The van der Waals surface area contributed by atoms with E-state index in [1.807, 2.05) is 0 Å². The summed E-state index contributed by atoms with van der Waals surface area (Å²) >= 11 is 6.06. The predicted octanol–water partition coefficient (Wildman–Crippen LogP) is 1.97. The van der Waals surface area contributed by atoms with Crippen LogP contribution in [0.4, 0.5) is 0 Å². The van der Waals surface area contributed by atoms with Crippen molar-refractivity contribution in [1.82, 2.24) is 10.3 Å². The van der Waals surface area contributed by atoms with Crippen LogP contribution in [-0.2, 0) is 4.79 Å². The Labute approximate surface area is 130 Å². The van der Waals surface area contributed by atoms with Crippen molar-refractivity contribution >= 4 is 23.5 Å². The molecule has 2 rings (SSSR count). The molecule has 1 aromatic heterocycles. The second-order valence-electron chi connectivity index (χ2n) is 4.58. The van der Waals surface area contributed by atoms with E-state index >= 15 is 0 Å². The Morgan fingerprint density at radius 3 is 2.64 bits per heavy atom. The molecule has 0 aliphatic heterocycles. The summed E-state index contributed by atoms with van der Waals surface area (Å²) in [6.45, 7) is 0. The standard InChI is InChI=1S/C15H13ClN2O4/c16-11-4-2-1-3-10(11)12(8-14(20)21)18-15(22)13-7-9(19)5-6-17-13/h1-7,12H,8H2,(H,17,19)(H,18,22)(H,20,21)/t12-/m0/s1. The number of aromatic amines is 1. The maximum atomic E-state index is 12.2. The van der Waals surface area contributed by atoms with Gasteiger partial charge in [-0.1, -0.05) is 29.8 Å². The molecule has 22 heavy (non-hydrogen) atoms. The minimum absolute atomic E-state index is 0.0509. The van der Waals surface area contributed by atoms with Gasteiger partial charge in [-0.2, -0.15) is 0 Å². The molecule has 0 aliphatic carbocycles. The lowest BCUT2D eigenvalue weighted by molar-refractivity contribution is -0.137. The van der Waals surface area contributed by atoms with E-state index in [0.29, 0.717) is 10.6 Å². The number of carbonyl (C=O) groups is 2. The average Bonchev–Trinajstić information content (AvgIpc) is 2.46. The van der Waals surface area contributed by atoms with Crippen LogP contribution in [0, 0.1) is 0 Å². The molecule has 1 amide bonds. The lowest BCUT2D eigenvalue weighted by Crippen LogP contribution is -2.31. The van der Waals surface area contributed by atoms with Gasteiger partial charge in [-0.25, -0.2) is 0 Å². The number of hydrogen-bond acceptors (Lipinski definition) is 3. The van der Waals surface area contributed by atoms with Crippen LogP contribution < -0.4 is 10.7 Å². The van der Waals surface area contributed by atoms with Crippen LogP contribution in [0.2, 0.25) is 5.02 Å². The number of amides is 1. The maximum Gasteiger partial charge on any atom is 0.305 e. The van der Waals surface area contributed by atoms with Gasteiger partial charge in [0.1, 0.15) is 5.69 Å². The summed E-state index contributed by atoms with van der Waals surface area (Å²) in [6.07, 6.45) is 1.02. The molecule has 0 aliphatic rings. The summed E-state index contributed by atoms with van der Waals surface area (Å²) in [4.78, 5) is 37.1. The van der Waals surface area contributed by atoms with Gasteiger partial charge in [0.15, 0.2) is 5.43 Å². The number of nitrogens with one attached hydrogen (secondary N) is 2. The SMILES string of the molecule is O=C(O)C[C@H](NC(=O)c1cc(=O)cc[nH]1)c1ccccc1Cl. The lowest BCUT2D eigenvalue weighted by atomic mass is 10.0. The largest absolute Gasteiger partial charge is 0.481 e. The summed E-state index contributed by atoms with van der Waals surface area (Å²) in [6, 6.07) is 8.28. The molecule has 1 aromatic carbocycles. The van der Waals surface area contributed by atoms with Gasteiger partial charge in [0, 0.05) is 23.4 Å². The molecule has 1 atom stereocenters. The lowest BCUT2D eigenvalue weighted by Gasteiger charge is -2.18. The molecule has 0 radical (unpaired) electrons. The van der Waals surface area contributed by atoms with Crippen molar-refractivity contribution in [2.45, 2.75) is 12.5 Å². The molecule has 0 saturated carbocycles. The van der Waals surface area contributed by atoms with Crippen molar-refractivity contribution in [2.24, 2.45) is 0 Å². The molecule has 114 valence electrons. The fraction of sp³-hybridized carbons (Fsp3) is 0.133. The first-order valence-corrected chi connectivity index (χ1v) is 6.81. The average molecular weight is 321 g/mol. The molecule has 2 aromatic rings. The summed E-state index contributed by atoms with van der Waals surface area (Å²) in [5.74, 6) is -1.66. The van der Waals surface area contributed by atoms with Gasteiger partial charge in [0.2, 0.25) is 0 Å². The van der Waals surface area contributed by atoms with Crippen LogP contribution in [0.15, 0.2) is 47.4 Å². The highest BCUT2D eigenvalue weighted by Crippen LogP contribution is 2.25. The number of aromatic nitrogens is 1. The minimum atomic E-state index is -1.08. The fourth-order valence-electron chi connectivity index (χ4n) is 1.98. The monoisotopic (exact) mass is 320 g/mol. The third kappa shape index (κ3) is 3.95. The molecule has 1 heterocycles. The Kier molecular flexibility index (Phi) is 4.95. The van der Waals surface area contributed by atoms with E-state index in [-0.39, 0.29) is 17.5 Å². The maximum absolute atomic E-state index is 12.2.